The summed E-state index contributed by atoms with van der Waals surface area (Å²) in [7, 11) is -2.54. The van der Waals surface area contributed by atoms with Gasteiger partial charge in [0.25, 0.3) is 8.32 Å². The van der Waals surface area contributed by atoms with Gasteiger partial charge in [0, 0.05) is 11.5 Å². The molecule has 0 aliphatic heterocycles. The van der Waals surface area contributed by atoms with Crippen molar-refractivity contribution in [1.29, 1.82) is 0 Å². The van der Waals surface area contributed by atoms with Crippen molar-refractivity contribution in [3.05, 3.63) is 60.7 Å². The molecular weight excluding hydrogens is 360 g/mol. The molecule has 0 bridgehead atoms. The molecule has 2 saturated carbocycles. The number of hydrogen-bond donors (Lipinski definition) is 0. The predicted octanol–water partition coefficient (Wildman–Crippen LogP) is 4.57. The van der Waals surface area contributed by atoms with Gasteiger partial charge in [0.2, 0.25) is 0 Å². The maximum atomic E-state index is 11.8. The summed E-state index contributed by atoms with van der Waals surface area (Å²) < 4.78 is 7.35. The minimum absolute atomic E-state index is 0.0187. The van der Waals surface area contributed by atoms with E-state index in [0.29, 0.717) is 11.8 Å². The van der Waals surface area contributed by atoms with Gasteiger partial charge in [-0.15, -0.1) is 0 Å². The Bertz CT molecular complexity index is 787. The SMILES string of the molecule is CC[C@H]1[C@@H](O[Si](c2ccccc2)(c2ccccc2)C(C)(C)C)C[C@@]2(C=O)C[C@@H]12. The van der Waals surface area contributed by atoms with E-state index in [-0.39, 0.29) is 16.6 Å². The van der Waals surface area contributed by atoms with Gasteiger partial charge in [-0.2, -0.15) is 0 Å². The van der Waals surface area contributed by atoms with E-state index in [1.54, 1.807) is 0 Å². The largest absolute Gasteiger partial charge is 0.404 e. The second-order valence-electron chi connectivity index (χ2n) is 9.76. The van der Waals surface area contributed by atoms with Crippen molar-refractivity contribution in [2.45, 2.75) is 58.1 Å². The third-order valence-electron chi connectivity index (χ3n) is 7.20. The lowest BCUT2D eigenvalue weighted by Gasteiger charge is -2.46. The first-order valence-corrected chi connectivity index (χ1v) is 12.5. The Hall–Kier alpha value is -1.71. The smallest absolute Gasteiger partial charge is 0.261 e. The average molecular weight is 393 g/mol. The lowest BCUT2D eigenvalue weighted by molar-refractivity contribution is -0.112. The quantitative estimate of drug-likeness (QED) is 0.532. The highest BCUT2D eigenvalue weighted by atomic mass is 28.4. The molecule has 0 spiro atoms. The molecule has 28 heavy (non-hydrogen) atoms. The van der Waals surface area contributed by atoms with Gasteiger partial charge in [-0.05, 0) is 40.1 Å². The van der Waals surface area contributed by atoms with Gasteiger partial charge in [-0.3, -0.25) is 0 Å². The number of hydrogen-bond acceptors (Lipinski definition) is 2. The molecule has 2 aromatic rings. The molecule has 2 fully saturated rings. The Kier molecular flexibility index (Phi) is 4.87. The lowest BCUT2D eigenvalue weighted by atomic mass is 9.98. The number of benzene rings is 2. The van der Waals surface area contributed by atoms with E-state index < -0.39 is 8.32 Å². The molecule has 0 amide bonds. The summed E-state index contributed by atoms with van der Waals surface area (Å²) in [6, 6.07) is 21.7. The van der Waals surface area contributed by atoms with Gasteiger partial charge in [0.15, 0.2) is 0 Å². The molecule has 3 heteroatoms. The molecule has 0 N–H and O–H groups in total. The van der Waals surface area contributed by atoms with E-state index >= 15 is 0 Å². The number of fused-ring (bicyclic) bond motifs is 1. The summed E-state index contributed by atoms with van der Waals surface area (Å²) in [6.45, 7) is 9.23. The first-order chi connectivity index (χ1) is 13.4. The van der Waals surface area contributed by atoms with Crippen LogP contribution in [-0.4, -0.2) is 20.7 Å². The Morgan fingerprint density at radius 1 is 1.00 bits per heavy atom. The number of carbonyl (C=O) groups is 1. The van der Waals surface area contributed by atoms with Gasteiger partial charge in [0.05, 0.1) is 0 Å². The Labute approximate surface area is 170 Å². The van der Waals surface area contributed by atoms with Gasteiger partial charge in [-0.25, -0.2) is 0 Å². The van der Waals surface area contributed by atoms with E-state index in [2.05, 4.69) is 88.4 Å². The molecule has 2 nitrogen and oxygen atoms in total. The van der Waals surface area contributed by atoms with Crippen molar-refractivity contribution in [1.82, 2.24) is 0 Å². The first-order valence-electron chi connectivity index (χ1n) is 10.6. The highest BCUT2D eigenvalue weighted by Crippen LogP contribution is 2.66. The fraction of sp³-hybridized carbons (Fsp3) is 0.480. The van der Waals surface area contributed by atoms with Crippen LogP contribution in [0.3, 0.4) is 0 Å². The van der Waals surface area contributed by atoms with Crippen LogP contribution in [0, 0.1) is 17.3 Å². The van der Waals surface area contributed by atoms with Gasteiger partial charge >= 0.3 is 0 Å². The zero-order chi connectivity index (χ0) is 20.0. The van der Waals surface area contributed by atoms with Crippen LogP contribution in [0.5, 0.6) is 0 Å². The molecular formula is C25H32O2Si. The van der Waals surface area contributed by atoms with Crippen LogP contribution in [-0.2, 0) is 9.22 Å². The molecule has 0 unspecified atom stereocenters. The highest BCUT2D eigenvalue weighted by molar-refractivity contribution is 6.99. The lowest BCUT2D eigenvalue weighted by Crippen LogP contribution is -2.68. The van der Waals surface area contributed by atoms with Crippen LogP contribution in [0.2, 0.25) is 5.04 Å². The van der Waals surface area contributed by atoms with Crippen LogP contribution >= 0.6 is 0 Å². The van der Waals surface area contributed by atoms with E-state index in [0.717, 1.165) is 19.3 Å². The molecule has 2 aromatic carbocycles. The molecule has 148 valence electrons. The molecule has 0 heterocycles. The van der Waals surface area contributed by atoms with Crippen molar-refractivity contribution in [2.75, 3.05) is 0 Å². The fourth-order valence-corrected chi connectivity index (χ4v) is 10.5. The molecule has 4 atom stereocenters. The van der Waals surface area contributed by atoms with Crippen LogP contribution < -0.4 is 10.4 Å². The van der Waals surface area contributed by atoms with Crippen molar-refractivity contribution in [2.24, 2.45) is 17.3 Å². The third-order valence-corrected chi connectivity index (χ3v) is 12.3. The van der Waals surface area contributed by atoms with Crippen LogP contribution in [0.1, 0.15) is 47.0 Å². The monoisotopic (exact) mass is 392 g/mol. The second-order valence-corrected chi connectivity index (χ2v) is 14.0. The van der Waals surface area contributed by atoms with Crippen LogP contribution in [0.25, 0.3) is 0 Å². The maximum absolute atomic E-state index is 11.8. The van der Waals surface area contributed by atoms with Crippen molar-refractivity contribution in [3.8, 4) is 0 Å². The normalized spacial score (nSPS) is 29.4. The summed E-state index contributed by atoms with van der Waals surface area (Å²) in [5, 5.41) is 2.63. The molecule has 2 aliphatic rings. The van der Waals surface area contributed by atoms with E-state index in [1.807, 2.05) is 0 Å². The number of rotatable bonds is 6. The minimum Gasteiger partial charge on any atom is -0.404 e. The van der Waals surface area contributed by atoms with Gasteiger partial charge in [0.1, 0.15) is 6.29 Å². The predicted molar refractivity (Wildman–Crippen MR) is 117 cm³/mol. The first kappa shape index (κ1) is 19.6. The third kappa shape index (κ3) is 2.91. The van der Waals surface area contributed by atoms with Crippen LogP contribution in [0.15, 0.2) is 60.7 Å². The van der Waals surface area contributed by atoms with Crippen molar-refractivity contribution < 1.29 is 9.22 Å². The molecule has 0 saturated heterocycles. The van der Waals surface area contributed by atoms with E-state index in [1.165, 1.54) is 16.7 Å². The Morgan fingerprint density at radius 3 is 1.96 bits per heavy atom. The standard InChI is InChI=1S/C25H32O2Si/c1-5-21-22-16-25(22,18-26)17-23(21)27-28(24(2,3)4,19-12-8-6-9-13-19)20-14-10-7-11-15-20/h6-15,18,21-23H,5,16-17H2,1-4H3/t21-,22+,23+,25-/m1/s1. The fourth-order valence-electron chi connectivity index (χ4n) is 5.73. The summed E-state index contributed by atoms with van der Waals surface area (Å²) in [6.07, 6.45) is 4.44. The Balaban J connectivity index is 1.83. The molecule has 2 aliphatic carbocycles. The molecule has 4 rings (SSSR count). The van der Waals surface area contributed by atoms with Crippen molar-refractivity contribution in [3.63, 3.8) is 0 Å². The van der Waals surface area contributed by atoms with E-state index in [4.69, 9.17) is 4.43 Å². The number of aldehydes is 1. The summed E-state index contributed by atoms with van der Waals surface area (Å²) in [4.78, 5) is 11.8. The number of carbonyl (C=O) groups excluding carboxylic acids is 1. The molecule has 0 radical (unpaired) electrons. The van der Waals surface area contributed by atoms with Gasteiger partial charge in [-0.1, -0.05) is 94.8 Å². The van der Waals surface area contributed by atoms with Gasteiger partial charge < -0.3 is 9.22 Å². The van der Waals surface area contributed by atoms with Crippen molar-refractivity contribution >= 4 is 25.0 Å². The summed E-state index contributed by atoms with van der Waals surface area (Å²) >= 11 is 0. The second kappa shape index (κ2) is 6.96. The average Bonchev–Trinajstić information content (AvgIpc) is 3.33. The van der Waals surface area contributed by atoms with Crippen LogP contribution in [0.4, 0.5) is 0 Å². The zero-order valence-electron chi connectivity index (χ0n) is 17.5. The summed E-state index contributed by atoms with van der Waals surface area (Å²) in [5.74, 6) is 1.02. The molecule has 0 aromatic heterocycles. The Morgan fingerprint density at radius 2 is 1.54 bits per heavy atom. The van der Waals surface area contributed by atoms with E-state index in [9.17, 15) is 4.79 Å². The zero-order valence-corrected chi connectivity index (χ0v) is 18.5. The minimum atomic E-state index is -2.54. The topological polar surface area (TPSA) is 26.3 Å². The highest BCUT2D eigenvalue weighted by Gasteiger charge is 2.66. The summed E-state index contributed by atoms with van der Waals surface area (Å²) in [5.41, 5.74) is -0.100. The maximum Gasteiger partial charge on any atom is 0.261 e.